The highest BCUT2D eigenvalue weighted by Gasteiger charge is 2.32. The van der Waals surface area contributed by atoms with Gasteiger partial charge in [-0.25, -0.2) is 0 Å². The topological polar surface area (TPSA) is 35.6 Å². The van der Waals surface area contributed by atoms with Crippen LogP contribution in [-0.2, 0) is 4.79 Å². The lowest BCUT2D eigenvalue weighted by atomic mass is 9.78. The largest absolute Gasteiger partial charge is 0.352 e. The molecule has 0 unspecified atom stereocenters. The van der Waals surface area contributed by atoms with Crippen molar-refractivity contribution in [1.29, 1.82) is 0 Å². The SMILES string of the molecule is C[C@@H]1[C@H](C)CCC[C@@H]1NC(=O)CN1CCN(C2CC2)CC1. The molecule has 4 nitrogen and oxygen atoms in total. The first-order chi connectivity index (χ1) is 10.1. The molecule has 0 bridgehead atoms. The van der Waals surface area contributed by atoms with Gasteiger partial charge in [-0.2, -0.15) is 0 Å². The number of carbonyl (C=O) groups is 1. The Morgan fingerprint density at radius 3 is 2.43 bits per heavy atom. The average molecular weight is 293 g/mol. The lowest BCUT2D eigenvalue weighted by Gasteiger charge is -2.37. The molecule has 3 fully saturated rings. The second kappa shape index (κ2) is 6.66. The molecule has 4 heteroatoms. The smallest absolute Gasteiger partial charge is 0.234 e. The number of nitrogens with zero attached hydrogens (tertiary/aromatic N) is 2. The van der Waals surface area contributed by atoms with Crippen molar-refractivity contribution in [3.05, 3.63) is 0 Å². The zero-order chi connectivity index (χ0) is 14.8. The predicted molar refractivity (Wildman–Crippen MR) is 85.1 cm³/mol. The molecule has 0 spiro atoms. The highest BCUT2D eigenvalue weighted by Crippen LogP contribution is 2.29. The maximum atomic E-state index is 12.3. The molecule has 0 aromatic carbocycles. The third-order valence-corrected chi connectivity index (χ3v) is 5.89. The first-order valence-electron chi connectivity index (χ1n) is 8.89. The Balaban J connectivity index is 1.39. The predicted octanol–water partition coefficient (Wildman–Crippen LogP) is 1.71. The summed E-state index contributed by atoms with van der Waals surface area (Å²) in [5.41, 5.74) is 0. The molecule has 1 aliphatic heterocycles. The highest BCUT2D eigenvalue weighted by atomic mass is 16.2. The minimum Gasteiger partial charge on any atom is -0.352 e. The van der Waals surface area contributed by atoms with Crippen molar-refractivity contribution >= 4 is 5.91 Å². The van der Waals surface area contributed by atoms with E-state index in [9.17, 15) is 4.79 Å². The summed E-state index contributed by atoms with van der Waals surface area (Å²) in [5.74, 6) is 1.60. The molecule has 0 aromatic rings. The van der Waals surface area contributed by atoms with Crippen molar-refractivity contribution in [3.8, 4) is 0 Å². The Kier molecular flexibility index (Phi) is 4.85. The summed E-state index contributed by atoms with van der Waals surface area (Å²) in [6, 6.07) is 1.26. The summed E-state index contributed by atoms with van der Waals surface area (Å²) in [6.07, 6.45) is 6.51. The molecule has 21 heavy (non-hydrogen) atoms. The summed E-state index contributed by atoms with van der Waals surface area (Å²) >= 11 is 0. The van der Waals surface area contributed by atoms with Crippen LogP contribution in [0.1, 0.15) is 46.0 Å². The van der Waals surface area contributed by atoms with Gasteiger partial charge in [0, 0.05) is 38.3 Å². The van der Waals surface area contributed by atoms with Gasteiger partial charge in [-0.15, -0.1) is 0 Å². The fourth-order valence-electron chi connectivity index (χ4n) is 3.97. The molecule has 1 amide bonds. The average Bonchev–Trinajstić information content (AvgIpc) is 3.29. The summed E-state index contributed by atoms with van der Waals surface area (Å²) in [7, 11) is 0. The number of amides is 1. The number of piperazine rings is 1. The van der Waals surface area contributed by atoms with Crippen LogP contribution >= 0.6 is 0 Å². The van der Waals surface area contributed by atoms with E-state index in [1.54, 1.807) is 0 Å². The van der Waals surface area contributed by atoms with Crippen molar-refractivity contribution in [1.82, 2.24) is 15.1 Å². The van der Waals surface area contributed by atoms with Crippen LogP contribution in [0.3, 0.4) is 0 Å². The van der Waals surface area contributed by atoms with Crippen molar-refractivity contribution in [3.63, 3.8) is 0 Å². The molecule has 1 N–H and O–H groups in total. The van der Waals surface area contributed by atoms with Gasteiger partial charge in [-0.05, 0) is 31.1 Å². The lowest BCUT2D eigenvalue weighted by Crippen LogP contribution is -2.52. The van der Waals surface area contributed by atoms with Crippen LogP contribution in [0, 0.1) is 11.8 Å². The highest BCUT2D eigenvalue weighted by molar-refractivity contribution is 5.78. The van der Waals surface area contributed by atoms with Gasteiger partial charge < -0.3 is 5.32 Å². The fraction of sp³-hybridized carbons (Fsp3) is 0.941. The van der Waals surface area contributed by atoms with Crippen molar-refractivity contribution in [2.45, 2.75) is 58.0 Å². The van der Waals surface area contributed by atoms with E-state index in [0.717, 1.165) is 44.6 Å². The van der Waals surface area contributed by atoms with Crippen LogP contribution in [0.25, 0.3) is 0 Å². The van der Waals surface area contributed by atoms with Crippen molar-refractivity contribution < 1.29 is 4.79 Å². The Labute approximate surface area is 129 Å². The van der Waals surface area contributed by atoms with Gasteiger partial charge in [-0.1, -0.05) is 26.7 Å². The van der Waals surface area contributed by atoms with E-state index in [1.807, 2.05) is 0 Å². The maximum Gasteiger partial charge on any atom is 0.234 e. The second-order valence-electron chi connectivity index (χ2n) is 7.48. The summed E-state index contributed by atoms with van der Waals surface area (Å²) in [4.78, 5) is 17.2. The van der Waals surface area contributed by atoms with Gasteiger partial charge >= 0.3 is 0 Å². The summed E-state index contributed by atoms with van der Waals surface area (Å²) < 4.78 is 0. The summed E-state index contributed by atoms with van der Waals surface area (Å²) in [6.45, 7) is 9.62. The van der Waals surface area contributed by atoms with Gasteiger partial charge in [0.25, 0.3) is 0 Å². The molecule has 2 aliphatic carbocycles. The normalized spacial score (nSPS) is 35.6. The molecular weight excluding hydrogens is 262 g/mol. The van der Waals surface area contributed by atoms with Crippen LogP contribution in [0.15, 0.2) is 0 Å². The molecule has 0 aromatic heterocycles. The molecule has 2 saturated carbocycles. The van der Waals surface area contributed by atoms with E-state index in [4.69, 9.17) is 0 Å². The third kappa shape index (κ3) is 3.98. The van der Waals surface area contributed by atoms with E-state index < -0.39 is 0 Å². The number of nitrogens with one attached hydrogen (secondary N) is 1. The molecule has 3 aliphatic rings. The Hall–Kier alpha value is -0.610. The molecule has 0 radical (unpaired) electrons. The van der Waals surface area contributed by atoms with E-state index in [-0.39, 0.29) is 5.91 Å². The summed E-state index contributed by atoms with van der Waals surface area (Å²) in [5, 5.41) is 3.30. The first kappa shape index (κ1) is 15.3. The van der Waals surface area contributed by atoms with E-state index >= 15 is 0 Å². The van der Waals surface area contributed by atoms with E-state index in [0.29, 0.717) is 18.5 Å². The molecule has 1 saturated heterocycles. The van der Waals surface area contributed by atoms with Gasteiger partial charge in [0.05, 0.1) is 6.54 Å². The first-order valence-corrected chi connectivity index (χ1v) is 8.89. The van der Waals surface area contributed by atoms with Gasteiger partial charge in [0.2, 0.25) is 5.91 Å². The Bertz CT molecular complexity index is 361. The van der Waals surface area contributed by atoms with Gasteiger partial charge in [-0.3, -0.25) is 14.6 Å². The second-order valence-corrected chi connectivity index (χ2v) is 7.48. The Morgan fingerprint density at radius 1 is 1.05 bits per heavy atom. The number of carbonyl (C=O) groups excluding carboxylic acids is 1. The molecule has 1 heterocycles. The number of hydrogen-bond acceptors (Lipinski definition) is 3. The number of rotatable bonds is 4. The number of hydrogen-bond donors (Lipinski definition) is 1. The lowest BCUT2D eigenvalue weighted by molar-refractivity contribution is -0.124. The molecule has 120 valence electrons. The van der Waals surface area contributed by atoms with Crippen LogP contribution < -0.4 is 5.32 Å². The third-order valence-electron chi connectivity index (χ3n) is 5.89. The minimum atomic E-state index is 0.237. The zero-order valence-corrected chi connectivity index (χ0v) is 13.7. The van der Waals surface area contributed by atoms with Crippen LogP contribution in [-0.4, -0.2) is 60.5 Å². The maximum absolute atomic E-state index is 12.3. The minimum absolute atomic E-state index is 0.237. The standard InChI is InChI=1S/C17H31N3O/c1-13-4-3-5-16(14(13)2)18-17(21)12-19-8-10-20(11-9-19)15-6-7-15/h13-16H,3-12H2,1-2H3,(H,18,21)/t13-,14-,16+/m1/s1. The van der Waals surface area contributed by atoms with Crippen LogP contribution in [0.2, 0.25) is 0 Å². The monoisotopic (exact) mass is 293 g/mol. The Morgan fingerprint density at radius 2 is 1.76 bits per heavy atom. The van der Waals surface area contributed by atoms with Crippen LogP contribution in [0.4, 0.5) is 0 Å². The van der Waals surface area contributed by atoms with E-state index in [2.05, 4.69) is 29.0 Å². The fourth-order valence-corrected chi connectivity index (χ4v) is 3.97. The zero-order valence-electron chi connectivity index (χ0n) is 13.7. The van der Waals surface area contributed by atoms with Crippen LogP contribution in [0.5, 0.6) is 0 Å². The van der Waals surface area contributed by atoms with Gasteiger partial charge in [0.1, 0.15) is 0 Å². The van der Waals surface area contributed by atoms with Gasteiger partial charge in [0.15, 0.2) is 0 Å². The molecular formula is C17H31N3O. The van der Waals surface area contributed by atoms with Crippen molar-refractivity contribution in [2.24, 2.45) is 11.8 Å². The molecule has 3 atom stereocenters. The quantitative estimate of drug-likeness (QED) is 0.857. The molecule has 3 rings (SSSR count). The van der Waals surface area contributed by atoms with Crippen molar-refractivity contribution in [2.75, 3.05) is 32.7 Å². The van der Waals surface area contributed by atoms with E-state index in [1.165, 1.54) is 25.7 Å².